The molecule has 0 radical (unpaired) electrons. The molecule has 0 saturated heterocycles. The van der Waals surface area contributed by atoms with Crippen LogP contribution in [0.15, 0.2) is 6.07 Å². The molecule has 0 spiro atoms. The second kappa shape index (κ2) is 8.27. The van der Waals surface area contributed by atoms with E-state index in [2.05, 4.69) is 19.2 Å². The smallest absolute Gasteiger partial charge is 0.261 e. The van der Waals surface area contributed by atoms with Gasteiger partial charge in [-0.15, -0.1) is 11.3 Å². The topological polar surface area (TPSA) is 49.3 Å². The van der Waals surface area contributed by atoms with Crippen LogP contribution in [0.5, 0.6) is 0 Å². The van der Waals surface area contributed by atoms with Crippen LogP contribution in [0.2, 0.25) is 0 Å². The third-order valence-electron chi connectivity index (χ3n) is 2.88. The van der Waals surface area contributed by atoms with Gasteiger partial charge in [-0.1, -0.05) is 13.3 Å². The first kappa shape index (κ1) is 15.2. The molecule has 0 bridgehead atoms. The van der Waals surface area contributed by atoms with Crippen molar-refractivity contribution >= 4 is 17.2 Å². The Hall–Kier alpha value is -0.870. The fourth-order valence-electron chi connectivity index (χ4n) is 1.85. The highest BCUT2D eigenvalue weighted by Gasteiger charge is 2.11. The Labute approximate surface area is 113 Å². The van der Waals surface area contributed by atoms with Crippen LogP contribution in [-0.4, -0.2) is 24.2 Å². The third kappa shape index (κ3) is 4.78. The lowest BCUT2D eigenvalue weighted by Crippen LogP contribution is -2.23. The first-order valence-corrected chi connectivity index (χ1v) is 7.49. The number of nitrogens with one attached hydrogen (secondary N) is 1. The van der Waals surface area contributed by atoms with Crippen molar-refractivity contribution in [2.24, 2.45) is 0 Å². The van der Waals surface area contributed by atoms with E-state index in [1.807, 2.05) is 6.07 Å². The van der Waals surface area contributed by atoms with Crippen LogP contribution in [0.1, 0.15) is 52.7 Å². The van der Waals surface area contributed by atoms with Crippen LogP contribution in [0.25, 0.3) is 0 Å². The maximum atomic E-state index is 11.9. The second-order valence-electron chi connectivity index (χ2n) is 4.48. The molecule has 102 valence electrons. The molecule has 2 N–H and O–H groups in total. The lowest BCUT2D eigenvalue weighted by atomic mass is 10.1. The quantitative estimate of drug-likeness (QED) is 0.713. The highest BCUT2D eigenvalue weighted by molar-refractivity contribution is 7.14. The number of rotatable bonds is 8. The number of aryl methyl sites for hydroxylation is 2. The monoisotopic (exact) mass is 269 g/mol. The summed E-state index contributed by atoms with van der Waals surface area (Å²) in [7, 11) is 0. The van der Waals surface area contributed by atoms with Crippen LogP contribution in [0.4, 0.5) is 0 Å². The van der Waals surface area contributed by atoms with Gasteiger partial charge in [0.05, 0.1) is 4.88 Å². The molecule has 1 rings (SSSR count). The van der Waals surface area contributed by atoms with Gasteiger partial charge < -0.3 is 10.4 Å². The van der Waals surface area contributed by atoms with E-state index in [-0.39, 0.29) is 12.5 Å². The number of carbonyl (C=O) groups excluding carboxylic acids is 1. The predicted octanol–water partition coefficient (Wildman–Crippen LogP) is 2.90. The van der Waals surface area contributed by atoms with Crippen molar-refractivity contribution in [3.8, 4) is 0 Å². The summed E-state index contributed by atoms with van der Waals surface area (Å²) >= 11 is 1.58. The van der Waals surface area contributed by atoms with E-state index in [4.69, 9.17) is 5.11 Å². The maximum Gasteiger partial charge on any atom is 0.261 e. The minimum Gasteiger partial charge on any atom is -0.396 e. The predicted molar refractivity (Wildman–Crippen MR) is 76.3 cm³/mol. The van der Waals surface area contributed by atoms with Crippen LogP contribution < -0.4 is 5.32 Å². The van der Waals surface area contributed by atoms with Crippen molar-refractivity contribution in [3.63, 3.8) is 0 Å². The first-order chi connectivity index (χ1) is 8.69. The second-order valence-corrected chi connectivity index (χ2v) is 5.74. The summed E-state index contributed by atoms with van der Waals surface area (Å²) in [5.41, 5.74) is 1.30. The normalized spacial score (nSPS) is 10.6. The van der Waals surface area contributed by atoms with E-state index in [1.54, 1.807) is 11.3 Å². The summed E-state index contributed by atoms with van der Waals surface area (Å²) in [4.78, 5) is 14.0. The average Bonchev–Trinajstić information content (AvgIpc) is 2.71. The first-order valence-electron chi connectivity index (χ1n) is 6.67. The van der Waals surface area contributed by atoms with Crippen molar-refractivity contribution in [3.05, 3.63) is 21.4 Å². The minimum absolute atomic E-state index is 0.0365. The summed E-state index contributed by atoms with van der Waals surface area (Å²) < 4.78 is 0. The Morgan fingerprint density at radius 1 is 1.39 bits per heavy atom. The van der Waals surface area contributed by atoms with E-state index in [9.17, 15) is 4.79 Å². The van der Waals surface area contributed by atoms with E-state index in [0.29, 0.717) is 6.54 Å². The van der Waals surface area contributed by atoms with Crippen LogP contribution in [0.3, 0.4) is 0 Å². The standard InChI is InChI=1S/C14H23NO2S/c1-3-7-12-10-13(18-11(12)2)14(17)15-8-5-4-6-9-16/h10,16H,3-9H2,1-2H3,(H,15,17). The number of hydrogen-bond acceptors (Lipinski definition) is 3. The fraction of sp³-hybridized carbons (Fsp3) is 0.643. The zero-order valence-corrected chi connectivity index (χ0v) is 12.1. The summed E-state index contributed by atoms with van der Waals surface area (Å²) in [5, 5.41) is 11.6. The van der Waals surface area contributed by atoms with E-state index < -0.39 is 0 Å². The molecule has 0 atom stereocenters. The van der Waals surface area contributed by atoms with Gasteiger partial charge >= 0.3 is 0 Å². The fourth-order valence-corrected chi connectivity index (χ4v) is 2.84. The molecule has 18 heavy (non-hydrogen) atoms. The Morgan fingerprint density at radius 3 is 2.83 bits per heavy atom. The molecule has 0 aliphatic heterocycles. The maximum absolute atomic E-state index is 11.9. The number of aliphatic hydroxyl groups is 1. The highest BCUT2D eigenvalue weighted by atomic mass is 32.1. The van der Waals surface area contributed by atoms with Crippen LogP contribution >= 0.6 is 11.3 Å². The average molecular weight is 269 g/mol. The van der Waals surface area contributed by atoms with Gasteiger partial charge in [-0.3, -0.25) is 4.79 Å². The van der Waals surface area contributed by atoms with Gasteiger partial charge in [0, 0.05) is 18.0 Å². The number of aliphatic hydroxyl groups excluding tert-OH is 1. The lowest BCUT2D eigenvalue weighted by Gasteiger charge is -2.02. The molecular weight excluding hydrogens is 246 g/mol. The number of amides is 1. The highest BCUT2D eigenvalue weighted by Crippen LogP contribution is 2.22. The van der Waals surface area contributed by atoms with Gasteiger partial charge in [0.2, 0.25) is 0 Å². The lowest BCUT2D eigenvalue weighted by molar-refractivity contribution is 0.0957. The molecule has 1 aromatic rings. The van der Waals surface area contributed by atoms with E-state index >= 15 is 0 Å². The molecule has 1 aromatic heterocycles. The third-order valence-corrected chi connectivity index (χ3v) is 3.98. The molecule has 1 heterocycles. The summed E-state index contributed by atoms with van der Waals surface area (Å²) in [6.45, 7) is 5.16. The van der Waals surface area contributed by atoms with Gasteiger partial charge in [0.1, 0.15) is 0 Å². The van der Waals surface area contributed by atoms with Crippen LogP contribution in [0, 0.1) is 6.92 Å². The molecule has 0 unspecified atom stereocenters. The Bertz CT molecular complexity index is 374. The largest absolute Gasteiger partial charge is 0.396 e. The summed E-state index contributed by atoms with van der Waals surface area (Å²) in [5.74, 6) is 0.0365. The molecule has 4 heteroatoms. The van der Waals surface area contributed by atoms with Crippen molar-refractivity contribution in [1.29, 1.82) is 0 Å². The van der Waals surface area contributed by atoms with Crippen LogP contribution in [-0.2, 0) is 6.42 Å². The van der Waals surface area contributed by atoms with Gasteiger partial charge in [0.25, 0.3) is 5.91 Å². The van der Waals surface area contributed by atoms with Gasteiger partial charge in [0.15, 0.2) is 0 Å². The zero-order valence-electron chi connectivity index (χ0n) is 11.3. The van der Waals surface area contributed by atoms with Crippen molar-refractivity contribution in [1.82, 2.24) is 5.32 Å². The molecule has 0 fully saturated rings. The van der Waals surface area contributed by atoms with E-state index in [1.165, 1.54) is 10.4 Å². The Balaban J connectivity index is 2.39. The number of hydrogen-bond donors (Lipinski definition) is 2. The minimum atomic E-state index is 0.0365. The van der Waals surface area contributed by atoms with E-state index in [0.717, 1.165) is 37.0 Å². The molecular formula is C14H23NO2S. The Morgan fingerprint density at radius 2 is 2.17 bits per heavy atom. The van der Waals surface area contributed by atoms with Gasteiger partial charge in [-0.2, -0.15) is 0 Å². The van der Waals surface area contributed by atoms with Crippen molar-refractivity contribution in [2.45, 2.75) is 46.0 Å². The number of thiophene rings is 1. The van der Waals surface area contributed by atoms with Gasteiger partial charge in [-0.05, 0) is 44.2 Å². The molecule has 0 aliphatic carbocycles. The zero-order chi connectivity index (χ0) is 13.4. The number of carbonyl (C=O) groups is 1. The molecule has 3 nitrogen and oxygen atoms in total. The number of unbranched alkanes of at least 4 members (excludes halogenated alkanes) is 2. The molecule has 0 aromatic carbocycles. The SMILES string of the molecule is CCCc1cc(C(=O)NCCCCCO)sc1C. The van der Waals surface area contributed by atoms with Crippen molar-refractivity contribution in [2.75, 3.05) is 13.2 Å². The van der Waals surface area contributed by atoms with Crippen molar-refractivity contribution < 1.29 is 9.90 Å². The summed E-state index contributed by atoms with van der Waals surface area (Å²) in [6, 6.07) is 2.02. The van der Waals surface area contributed by atoms with Gasteiger partial charge in [-0.25, -0.2) is 0 Å². The molecule has 0 aliphatic rings. The summed E-state index contributed by atoms with van der Waals surface area (Å²) in [6.07, 6.45) is 4.86. The molecule has 0 saturated carbocycles. The molecule has 1 amide bonds. The Kier molecular flexibility index (Phi) is 6.98.